The van der Waals surface area contributed by atoms with Gasteiger partial charge in [-0.2, -0.15) is 4.31 Å². The summed E-state index contributed by atoms with van der Waals surface area (Å²) in [6.07, 6.45) is 2.43. The quantitative estimate of drug-likeness (QED) is 0.841. The summed E-state index contributed by atoms with van der Waals surface area (Å²) < 4.78 is 28.6. The van der Waals surface area contributed by atoms with Crippen molar-refractivity contribution < 1.29 is 13.5 Å². The van der Waals surface area contributed by atoms with E-state index in [9.17, 15) is 13.5 Å². The van der Waals surface area contributed by atoms with E-state index in [1.165, 1.54) is 4.31 Å². The molecule has 0 saturated carbocycles. The molecule has 1 unspecified atom stereocenters. The summed E-state index contributed by atoms with van der Waals surface area (Å²) in [6.45, 7) is 9.83. The van der Waals surface area contributed by atoms with Gasteiger partial charge in [0.05, 0.1) is 6.61 Å². The van der Waals surface area contributed by atoms with E-state index in [2.05, 4.69) is 13.8 Å². The van der Waals surface area contributed by atoms with Crippen LogP contribution in [-0.4, -0.2) is 35.5 Å². The number of sulfonamides is 1. The van der Waals surface area contributed by atoms with E-state index in [0.717, 1.165) is 6.42 Å². The fourth-order valence-corrected chi connectivity index (χ4v) is 3.90. The van der Waals surface area contributed by atoms with Gasteiger partial charge in [-0.15, -0.1) is 0 Å². The minimum atomic E-state index is -3.53. The summed E-state index contributed by atoms with van der Waals surface area (Å²) in [5.74, 6) is 0.436. The van der Waals surface area contributed by atoms with E-state index < -0.39 is 10.0 Å². The fraction of sp³-hybridized carbons (Fsp3) is 0.733. The van der Waals surface area contributed by atoms with Crippen molar-refractivity contribution >= 4 is 10.0 Å². The Bertz CT molecular complexity index is 561. The largest absolute Gasteiger partial charge is 0.390 e. The van der Waals surface area contributed by atoms with Crippen LogP contribution >= 0.6 is 0 Å². The molecule has 1 atom stereocenters. The average Bonchev–Trinajstić information content (AvgIpc) is 2.81. The maximum Gasteiger partial charge on any atom is 0.244 e. The topological polar surface area (TPSA) is 62.5 Å². The van der Waals surface area contributed by atoms with Crippen LogP contribution in [0.25, 0.3) is 0 Å². The number of rotatable bonds is 7. The summed E-state index contributed by atoms with van der Waals surface area (Å²) in [4.78, 5) is 0.248. The van der Waals surface area contributed by atoms with Crippen LogP contribution in [0, 0.1) is 5.92 Å². The van der Waals surface area contributed by atoms with Crippen molar-refractivity contribution in [2.24, 2.45) is 5.92 Å². The van der Waals surface area contributed by atoms with Gasteiger partial charge in [-0.25, -0.2) is 8.42 Å². The zero-order valence-corrected chi connectivity index (χ0v) is 14.7. The Kier molecular flexibility index (Phi) is 6.01. The van der Waals surface area contributed by atoms with Gasteiger partial charge >= 0.3 is 0 Å². The lowest BCUT2D eigenvalue weighted by Gasteiger charge is -2.25. The molecule has 0 saturated heterocycles. The van der Waals surface area contributed by atoms with E-state index in [1.54, 1.807) is 23.9 Å². The Balaban J connectivity index is 3.13. The van der Waals surface area contributed by atoms with Crippen LogP contribution in [-0.2, 0) is 16.6 Å². The minimum Gasteiger partial charge on any atom is -0.390 e. The van der Waals surface area contributed by atoms with Crippen molar-refractivity contribution in [2.45, 2.75) is 64.6 Å². The molecular weight excluding hydrogens is 288 g/mol. The Morgan fingerprint density at radius 3 is 2.19 bits per heavy atom. The first-order chi connectivity index (χ1) is 9.61. The SMILES string of the molecule is CC(C)CC(C)N(C)S(=O)(=O)c1cc(CO)n(C(C)C)c1. The third-order valence-corrected chi connectivity index (χ3v) is 5.67. The van der Waals surface area contributed by atoms with Gasteiger partial charge in [0.1, 0.15) is 4.90 Å². The van der Waals surface area contributed by atoms with Crippen LogP contribution in [0.1, 0.15) is 52.8 Å². The zero-order chi connectivity index (χ0) is 16.4. The van der Waals surface area contributed by atoms with E-state index >= 15 is 0 Å². The summed E-state index contributed by atoms with van der Waals surface area (Å²) in [7, 11) is -1.91. The highest BCUT2D eigenvalue weighted by atomic mass is 32.2. The molecule has 0 aliphatic heterocycles. The van der Waals surface area contributed by atoms with Gasteiger partial charge in [0.2, 0.25) is 10.0 Å². The summed E-state index contributed by atoms with van der Waals surface area (Å²) in [5.41, 5.74) is 0.619. The number of hydrogen-bond donors (Lipinski definition) is 1. The zero-order valence-electron chi connectivity index (χ0n) is 13.9. The van der Waals surface area contributed by atoms with Crippen LogP contribution in [0.2, 0.25) is 0 Å². The number of aliphatic hydroxyl groups is 1. The van der Waals surface area contributed by atoms with E-state index in [-0.39, 0.29) is 23.6 Å². The maximum absolute atomic E-state index is 12.7. The third kappa shape index (κ3) is 4.08. The Morgan fingerprint density at radius 1 is 1.24 bits per heavy atom. The Morgan fingerprint density at radius 2 is 1.81 bits per heavy atom. The van der Waals surface area contributed by atoms with Gasteiger partial charge in [-0.3, -0.25) is 0 Å². The first-order valence-corrected chi connectivity index (χ1v) is 8.84. The standard InChI is InChI=1S/C15H28N2O3S/c1-11(2)7-13(5)16(6)21(19,20)15-8-14(10-18)17(9-15)12(3)4/h8-9,11-13,18H,7,10H2,1-6H3. The van der Waals surface area contributed by atoms with Crippen molar-refractivity contribution in [3.05, 3.63) is 18.0 Å². The first kappa shape index (κ1) is 18.2. The summed E-state index contributed by atoms with van der Waals surface area (Å²) in [6, 6.07) is 1.61. The van der Waals surface area contributed by atoms with E-state index in [4.69, 9.17) is 0 Å². The molecule has 0 radical (unpaired) electrons. The molecule has 6 heteroatoms. The highest BCUT2D eigenvalue weighted by Crippen LogP contribution is 2.24. The lowest BCUT2D eigenvalue weighted by Crippen LogP contribution is -2.35. The smallest absolute Gasteiger partial charge is 0.244 e. The van der Waals surface area contributed by atoms with Gasteiger partial charge in [-0.05, 0) is 39.2 Å². The van der Waals surface area contributed by atoms with Crippen LogP contribution in [0.5, 0.6) is 0 Å². The van der Waals surface area contributed by atoms with Crippen LogP contribution in [0.3, 0.4) is 0 Å². The van der Waals surface area contributed by atoms with Gasteiger partial charge in [0.25, 0.3) is 0 Å². The molecule has 1 rings (SSSR count). The molecule has 21 heavy (non-hydrogen) atoms. The molecule has 1 heterocycles. The lowest BCUT2D eigenvalue weighted by atomic mass is 10.1. The summed E-state index contributed by atoms with van der Waals surface area (Å²) >= 11 is 0. The monoisotopic (exact) mass is 316 g/mol. The van der Waals surface area contributed by atoms with Crippen molar-refractivity contribution in [2.75, 3.05) is 7.05 Å². The molecule has 0 aliphatic carbocycles. The molecule has 0 aliphatic rings. The molecule has 0 spiro atoms. The van der Waals surface area contributed by atoms with E-state index in [1.807, 2.05) is 20.8 Å². The maximum atomic E-state index is 12.7. The minimum absolute atomic E-state index is 0.0602. The molecule has 1 aromatic rings. The van der Waals surface area contributed by atoms with Crippen LogP contribution in [0.15, 0.2) is 17.2 Å². The molecule has 1 N–H and O–H groups in total. The number of aromatic nitrogens is 1. The second-order valence-corrected chi connectivity index (χ2v) is 8.32. The van der Waals surface area contributed by atoms with Crippen molar-refractivity contribution in [3.8, 4) is 0 Å². The molecule has 122 valence electrons. The normalized spacial score (nSPS) is 14.4. The number of aliphatic hydroxyl groups excluding tert-OH is 1. The molecular formula is C15H28N2O3S. The van der Waals surface area contributed by atoms with Crippen molar-refractivity contribution in [1.82, 2.24) is 8.87 Å². The fourth-order valence-electron chi connectivity index (χ4n) is 2.48. The highest BCUT2D eigenvalue weighted by molar-refractivity contribution is 7.89. The van der Waals surface area contributed by atoms with Gasteiger partial charge in [0, 0.05) is 31.0 Å². The Hall–Kier alpha value is -0.850. The molecule has 5 nitrogen and oxygen atoms in total. The van der Waals surface area contributed by atoms with Gasteiger partial charge in [0.15, 0.2) is 0 Å². The second kappa shape index (κ2) is 6.94. The van der Waals surface area contributed by atoms with Crippen LogP contribution < -0.4 is 0 Å². The van der Waals surface area contributed by atoms with Crippen LogP contribution in [0.4, 0.5) is 0 Å². The molecule has 0 fully saturated rings. The van der Waals surface area contributed by atoms with Gasteiger partial charge < -0.3 is 9.67 Å². The van der Waals surface area contributed by atoms with Crippen molar-refractivity contribution in [3.63, 3.8) is 0 Å². The predicted molar refractivity (Wildman–Crippen MR) is 84.6 cm³/mol. The van der Waals surface area contributed by atoms with Crippen molar-refractivity contribution in [1.29, 1.82) is 0 Å². The first-order valence-electron chi connectivity index (χ1n) is 7.40. The number of nitrogens with zero attached hydrogens (tertiary/aromatic N) is 2. The third-order valence-electron chi connectivity index (χ3n) is 3.74. The Labute approximate surface area is 128 Å². The number of hydrogen-bond acceptors (Lipinski definition) is 3. The molecule has 0 amide bonds. The predicted octanol–water partition coefficient (Wildman–Crippen LogP) is 2.62. The highest BCUT2D eigenvalue weighted by Gasteiger charge is 2.27. The molecule has 0 aromatic carbocycles. The molecule has 0 bridgehead atoms. The molecule has 1 aromatic heterocycles. The van der Waals surface area contributed by atoms with Gasteiger partial charge in [-0.1, -0.05) is 13.8 Å². The van der Waals surface area contributed by atoms with E-state index in [0.29, 0.717) is 11.6 Å². The average molecular weight is 316 g/mol. The lowest BCUT2D eigenvalue weighted by molar-refractivity contribution is 0.268. The summed E-state index contributed by atoms with van der Waals surface area (Å²) in [5, 5.41) is 9.38. The second-order valence-electron chi connectivity index (χ2n) is 6.33.